The Kier molecular flexibility index (Phi) is 22.2. The molecule has 0 rings (SSSR count). The van der Waals surface area contributed by atoms with E-state index in [1.807, 2.05) is 0 Å². The Hall–Kier alpha value is -4.63. The van der Waals surface area contributed by atoms with Crippen molar-refractivity contribution in [1.82, 2.24) is 21.3 Å². The van der Waals surface area contributed by atoms with Gasteiger partial charge in [-0.2, -0.15) is 0 Å². The number of amides is 5. The van der Waals surface area contributed by atoms with Crippen molar-refractivity contribution in [2.24, 2.45) is 38.7 Å². The Balaban J connectivity index is 5.11. The summed E-state index contributed by atoms with van der Waals surface area (Å²) in [4.78, 5) is 69.7. The monoisotopic (exact) mass is 649 g/mol. The van der Waals surface area contributed by atoms with Crippen LogP contribution in [0.15, 0.2) is 34.3 Å². The quantitative estimate of drug-likeness (QED) is 0.0269. The second kappa shape index (κ2) is 24.7. The van der Waals surface area contributed by atoms with Gasteiger partial charge in [0.05, 0.1) is 0 Å². The highest BCUT2D eigenvalue weighted by Crippen LogP contribution is 2.05. The van der Waals surface area contributed by atoms with Crippen molar-refractivity contribution >= 4 is 41.5 Å². The molecule has 16 nitrogen and oxygen atoms in total. The van der Waals surface area contributed by atoms with Crippen molar-refractivity contribution in [2.75, 3.05) is 13.1 Å². The average Bonchev–Trinajstić information content (AvgIpc) is 2.97. The number of guanidine groups is 2. The van der Waals surface area contributed by atoms with Gasteiger partial charge >= 0.3 is 0 Å². The van der Waals surface area contributed by atoms with Gasteiger partial charge < -0.3 is 49.9 Å². The van der Waals surface area contributed by atoms with E-state index in [1.165, 1.54) is 18.2 Å². The Bertz CT molecular complexity index is 1080. The lowest BCUT2D eigenvalue weighted by atomic mass is 10.1. The van der Waals surface area contributed by atoms with Gasteiger partial charge in [0.2, 0.25) is 29.5 Å². The third-order valence-corrected chi connectivity index (χ3v) is 6.52. The minimum Gasteiger partial charge on any atom is -0.370 e. The topological polar surface area (TPSA) is 288 Å². The second-order valence-corrected chi connectivity index (χ2v) is 11.0. The fourth-order valence-corrected chi connectivity index (χ4v) is 4.10. The van der Waals surface area contributed by atoms with Gasteiger partial charge in [-0.1, -0.05) is 44.8 Å². The standard InChI is InChI=1S/C30H55N11O5/c1-4-5-6-7-8-13-24(42)38-20(2)14-16-26(44)41-23(12-10-19-37-30(34)35)28(46)39-21(3)15-17-25(43)40-22(27(31)45)11-9-18-36-29(32)33/h14-17,20-23H,4-13,18-19H2,1-3H3,(H2,31,45)(H,38,42)(H,39,46)(H,40,43)(H,41,44)(H4,32,33,36)(H4,34,35,37)/b16-14+,17-15+/t20-,21-,22-,23-/m0/s1. The molecule has 0 spiro atoms. The van der Waals surface area contributed by atoms with E-state index in [2.05, 4.69) is 38.2 Å². The summed E-state index contributed by atoms with van der Waals surface area (Å²) in [5.41, 5.74) is 26.7. The molecule has 0 fully saturated rings. The summed E-state index contributed by atoms with van der Waals surface area (Å²) < 4.78 is 0. The van der Waals surface area contributed by atoms with Crippen molar-refractivity contribution in [1.29, 1.82) is 0 Å². The van der Waals surface area contributed by atoms with E-state index >= 15 is 0 Å². The van der Waals surface area contributed by atoms with Crippen LogP contribution in [0.3, 0.4) is 0 Å². The molecule has 260 valence electrons. The number of hydrogen-bond donors (Lipinski definition) is 9. The molecule has 0 aromatic carbocycles. The van der Waals surface area contributed by atoms with Crippen LogP contribution in [0.5, 0.6) is 0 Å². The minimum absolute atomic E-state index is 0.0793. The largest absolute Gasteiger partial charge is 0.370 e. The minimum atomic E-state index is -0.937. The molecule has 0 saturated carbocycles. The number of rotatable bonds is 24. The van der Waals surface area contributed by atoms with Crippen molar-refractivity contribution in [2.45, 2.75) is 109 Å². The fourth-order valence-electron chi connectivity index (χ4n) is 4.10. The summed E-state index contributed by atoms with van der Waals surface area (Å²) in [6.45, 7) is 6.04. The number of aliphatic imine (C=N–C) groups is 2. The van der Waals surface area contributed by atoms with E-state index in [9.17, 15) is 24.0 Å². The van der Waals surface area contributed by atoms with Crippen LogP contribution in [0.1, 0.15) is 85.0 Å². The van der Waals surface area contributed by atoms with Gasteiger partial charge in [-0.3, -0.25) is 34.0 Å². The molecule has 0 heterocycles. The van der Waals surface area contributed by atoms with Crippen LogP contribution in [0.2, 0.25) is 0 Å². The number of nitrogens with two attached hydrogens (primary N) is 5. The third-order valence-electron chi connectivity index (χ3n) is 6.52. The highest BCUT2D eigenvalue weighted by atomic mass is 16.2. The van der Waals surface area contributed by atoms with Crippen LogP contribution in [0.25, 0.3) is 0 Å². The van der Waals surface area contributed by atoms with Crippen LogP contribution in [0.4, 0.5) is 0 Å². The summed E-state index contributed by atoms with van der Waals surface area (Å²) in [6, 6.07) is -2.86. The molecule has 0 aromatic rings. The first-order valence-corrected chi connectivity index (χ1v) is 15.7. The normalized spacial score (nSPS) is 13.6. The molecule has 0 saturated heterocycles. The fraction of sp³-hybridized carbons (Fsp3) is 0.633. The van der Waals surface area contributed by atoms with Crippen LogP contribution in [-0.2, 0) is 24.0 Å². The summed E-state index contributed by atoms with van der Waals surface area (Å²) in [6.07, 6.45) is 12.3. The second-order valence-electron chi connectivity index (χ2n) is 11.0. The zero-order valence-corrected chi connectivity index (χ0v) is 27.4. The maximum absolute atomic E-state index is 13.1. The van der Waals surface area contributed by atoms with Gasteiger partial charge in [0, 0.05) is 43.7 Å². The first kappa shape index (κ1) is 41.4. The van der Waals surface area contributed by atoms with Gasteiger partial charge in [-0.25, -0.2) is 0 Å². The summed E-state index contributed by atoms with van der Waals surface area (Å²) in [5.74, 6) is -2.58. The number of hydrogen-bond acceptors (Lipinski definition) is 7. The zero-order valence-electron chi connectivity index (χ0n) is 27.4. The van der Waals surface area contributed by atoms with Gasteiger partial charge in [0.15, 0.2) is 11.9 Å². The molecule has 46 heavy (non-hydrogen) atoms. The smallest absolute Gasteiger partial charge is 0.244 e. The van der Waals surface area contributed by atoms with Gasteiger partial charge in [0.25, 0.3) is 0 Å². The molecule has 4 atom stereocenters. The van der Waals surface area contributed by atoms with Crippen molar-refractivity contribution in [3.8, 4) is 0 Å². The Morgan fingerprint density at radius 2 is 1.11 bits per heavy atom. The molecule has 0 aromatic heterocycles. The number of carbonyl (C=O) groups excluding carboxylic acids is 5. The Labute approximate surface area is 271 Å². The number of unbranched alkanes of at least 4 members (excludes halogenated alkanes) is 4. The molecule has 5 amide bonds. The molecule has 0 aliphatic heterocycles. The zero-order chi connectivity index (χ0) is 34.9. The maximum atomic E-state index is 13.1. The van der Waals surface area contributed by atoms with E-state index in [0.29, 0.717) is 19.3 Å². The van der Waals surface area contributed by atoms with Gasteiger partial charge in [-0.15, -0.1) is 0 Å². The number of carbonyl (C=O) groups is 5. The third kappa shape index (κ3) is 22.8. The number of primary amides is 1. The highest BCUT2D eigenvalue weighted by Gasteiger charge is 2.21. The van der Waals surface area contributed by atoms with E-state index in [-0.39, 0.29) is 49.8 Å². The molecule has 16 heteroatoms. The summed E-state index contributed by atoms with van der Waals surface area (Å²) in [7, 11) is 0. The van der Waals surface area contributed by atoms with E-state index in [4.69, 9.17) is 28.7 Å². The average molecular weight is 650 g/mol. The summed E-state index contributed by atoms with van der Waals surface area (Å²) in [5, 5.41) is 10.7. The molecule has 0 aliphatic rings. The predicted octanol–water partition coefficient (Wildman–Crippen LogP) is -0.969. The number of nitrogens with one attached hydrogen (secondary N) is 4. The lowest BCUT2D eigenvalue weighted by Gasteiger charge is -2.20. The first-order valence-electron chi connectivity index (χ1n) is 15.7. The van der Waals surface area contributed by atoms with E-state index in [1.54, 1.807) is 19.9 Å². The van der Waals surface area contributed by atoms with Crippen LogP contribution in [0, 0.1) is 0 Å². The van der Waals surface area contributed by atoms with Crippen molar-refractivity contribution in [3.05, 3.63) is 24.3 Å². The first-order chi connectivity index (χ1) is 21.7. The molecule has 0 radical (unpaired) electrons. The SMILES string of the molecule is CCCCCCCC(=O)N[C@@H](C)/C=C/C(=O)N[C@@H](CCCN=C(N)N)C(=O)N[C@@H](C)/C=C/C(=O)N[C@@H](CCCN=C(N)N)C(N)=O. The predicted molar refractivity (Wildman–Crippen MR) is 180 cm³/mol. The van der Waals surface area contributed by atoms with Gasteiger partial charge in [0.1, 0.15) is 12.1 Å². The lowest BCUT2D eigenvalue weighted by Crippen LogP contribution is -2.48. The molecule has 0 unspecified atom stereocenters. The lowest BCUT2D eigenvalue weighted by molar-refractivity contribution is -0.127. The molecule has 0 aliphatic carbocycles. The van der Waals surface area contributed by atoms with Crippen molar-refractivity contribution < 1.29 is 24.0 Å². The van der Waals surface area contributed by atoms with E-state index < -0.39 is 41.8 Å². The Morgan fingerprint density at radius 1 is 0.630 bits per heavy atom. The number of nitrogens with zero attached hydrogens (tertiary/aromatic N) is 2. The van der Waals surface area contributed by atoms with E-state index in [0.717, 1.165) is 32.1 Å². The Morgan fingerprint density at radius 3 is 1.61 bits per heavy atom. The van der Waals surface area contributed by atoms with Crippen LogP contribution >= 0.6 is 0 Å². The maximum Gasteiger partial charge on any atom is 0.244 e. The molecular formula is C30H55N11O5. The van der Waals surface area contributed by atoms with Crippen molar-refractivity contribution in [3.63, 3.8) is 0 Å². The molecular weight excluding hydrogens is 594 g/mol. The van der Waals surface area contributed by atoms with Crippen LogP contribution in [-0.4, -0.2) is 78.7 Å². The van der Waals surface area contributed by atoms with Gasteiger partial charge in [-0.05, 0) is 46.0 Å². The van der Waals surface area contributed by atoms with Crippen LogP contribution < -0.4 is 49.9 Å². The molecule has 14 N–H and O–H groups in total. The highest BCUT2D eigenvalue weighted by molar-refractivity contribution is 5.94. The summed E-state index contributed by atoms with van der Waals surface area (Å²) >= 11 is 0. The molecule has 0 bridgehead atoms.